The van der Waals surface area contributed by atoms with E-state index in [9.17, 15) is 9.18 Å². The lowest BCUT2D eigenvalue weighted by Gasteiger charge is -2.10. The Labute approximate surface area is 186 Å². The lowest BCUT2D eigenvalue weighted by molar-refractivity contribution is 0.355. The van der Waals surface area contributed by atoms with E-state index in [1.54, 1.807) is 30.3 Å². The molecule has 0 aliphatic heterocycles. The van der Waals surface area contributed by atoms with Gasteiger partial charge < -0.3 is 14.5 Å². The largest absolute Gasteiger partial charge is 0.493 e. The van der Waals surface area contributed by atoms with Crippen molar-refractivity contribution in [3.05, 3.63) is 58.4 Å². The first-order chi connectivity index (χ1) is 15.6. The molecule has 2 aromatic carbocycles. The number of thioether (sulfide) groups is 1. The second-order valence-electron chi connectivity index (χ2n) is 7.41. The number of hydrogen-bond donors (Lipinski definition) is 1. The first kappa shape index (κ1) is 20.5. The van der Waals surface area contributed by atoms with E-state index in [4.69, 9.17) is 9.47 Å². The molecule has 1 N–H and O–H groups in total. The predicted molar refractivity (Wildman–Crippen MR) is 119 cm³/mol. The number of nitrogens with zero attached hydrogens (tertiary/aromatic N) is 4. The smallest absolute Gasteiger partial charge is 0.258 e. The summed E-state index contributed by atoms with van der Waals surface area (Å²) in [5.41, 5.74) is 0.678. The Balaban J connectivity index is 1.46. The molecule has 8 nitrogen and oxygen atoms in total. The van der Waals surface area contributed by atoms with E-state index in [1.807, 2.05) is 4.57 Å². The van der Waals surface area contributed by atoms with Crippen molar-refractivity contribution < 1.29 is 13.9 Å². The quantitative estimate of drug-likeness (QED) is 0.423. The van der Waals surface area contributed by atoms with Crippen molar-refractivity contribution in [2.45, 2.75) is 29.8 Å². The van der Waals surface area contributed by atoms with Gasteiger partial charge in [-0.05, 0) is 31.0 Å². The van der Waals surface area contributed by atoms with E-state index in [-0.39, 0.29) is 17.4 Å². The molecular formula is C22H20FN5O3S. The molecule has 10 heteroatoms. The number of fused-ring (bicyclic) bond motifs is 1. The number of hydrogen-bond acceptors (Lipinski definition) is 7. The summed E-state index contributed by atoms with van der Waals surface area (Å²) in [6, 6.07) is 10.1. The van der Waals surface area contributed by atoms with Crippen molar-refractivity contribution in [1.29, 1.82) is 0 Å². The second-order valence-corrected chi connectivity index (χ2v) is 8.36. The van der Waals surface area contributed by atoms with Crippen LogP contribution in [0.5, 0.6) is 11.5 Å². The SMILES string of the molecule is COc1cc2nc(CSc3nnc(-c4ccccc4F)n3C3CC3)[nH]c(=O)c2cc1OC. The van der Waals surface area contributed by atoms with Crippen LogP contribution in [-0.2, 0) is 5.75 Å². The lowest BCUT2D eigenvalue weighted by atomic mass is 10.2. The highest BCUT2D eigenvalue weighted by Crippen LogP contribution is 2.41. The molecule has 32 heavy (non-hydrogen) atoms. The van der Waals surface area contributed by atoms with Crippen LogP contribution in [0.2, 0.25) is 0 Å². The summed E-state index contributed by atoms with van der Waals surface area (Å²) in [5, 5.41) is 9.64. The van der Waals surface area contributed by atoms with Crippen LogP contribution >= 0.6 is 11.8 Å². The lowest BCUT2D eigenvalue weighted by Crippen LogP contribution is -2.12. The Hall–Kier alpha value is -3.40. The van der Waals surface area contributed by atoms with Gasteiger partial charge in [-0.2, -0.15) is 0 Å². The zero-order valence-corrected chi connectivity index (χ0v) is 18.3. The third kappa shape index (κ3) is 3.70. The Morgan fingerprint density at radius 2 is 1.91 bits per heavy atom. The summed E-state index contributed by atoms with van der Waals surface area (Å²) in [4.78, 5) is 20.0. The molecule has 0 radical (unpaired) electrons. The first-order valence-electron chi connectivity index (χ1n) is 10.1. The minimum absolute atomic E-state index is 0.252. The first-order valence-corrected chi connectivity index (χ1v) is 11.0. The minimum atomic E-state index is -0.330. The van der Waals surface area contributed by atoms with E-state index >= 15 is 0 Å². The summed E-state index contributed by atoms with van der Waals surface area (Å²) in [7, 11) is 3.05. The number of halogens is 1. The highest BCUT2D eigenvalue weighted by atomic mass is 32.2. The highest BCUT2D eigenvalue weighted by molar-refractivity contribution is 7.98. The molecule has 5 rings (SSSR count). The van der Waals surface area contributed by atoms with Crippen LogP contribution in [0.1, 0.15) is 24.7 Å². The van der Waals surface area contributed by atoms with Gasteiger partial charge in [0.05, 0.1) is 36.4 Å². The third-order valence-electron chi connectivity index (χ3n) is 5.29. The van der Waals surface area contributed by atoms with Crippen LogP contribution in [0.25, 0.3) is 22.3 Å². The maximum Gasteiger partial charge on any atom is 0.258 e. The van der Waals surface area contributed by atoms with Gasteiger partial charge in [0.25, 0.3) is 5.56 Å². The van der Waals surface area contributed by atoms with E-state index in [2.05, 4.69) is 20.2 Å². The van der Waals surface area contributed by atoms with Crippen LogP contribution in [0.4, 0.5) is 4.39 Å². The van der Waals surface area contributed by atoms with Gasteiger partial charge in [0.1, 0.15) is 11.6 Å². The molecule has 2 heterocycles. The summed E-state index contributed by atoms with van der Waals surface area (Å²) >= 11 is 1.40. The van der Waals surface area contributed by atoms with Crippen LogP contribution in [-0.4, -0.2) is 39.0 Å². The van der Waals surface area contributed by atoms with Gasteiger partial charge in [0, 0.05) is 12.1 Å². The summed E-state index contributed by atoms with van der Waals surface area (Å²) in [5.74, 6) is 2.03. The average Bonchev–Trinajstić information content (AvgIpc) is 3.56. The van der Waals surface area contributed by atoms with Crippen LogP contribution < -0.4 is 15.0 Å². The van der Waals surface area contributed by atoms with Gasteiger partial charge in [-0.25, -0.2) is 9.37 Å². The van der Waals surface area contributed by atoms with Crippen molar-refractivity contribution in [1.82, 2.24) is 24.7 Å². The van der Waals surface area contributed by atoms with E-state index in [1.165, 1.54) is 32.0 Å². The molecule has 4 aromatic rings. The molecule has 0 bridgehead atoms. The monoisotopic (exact) mass is 453 g/mol. The Kier molecular flexibility index (Phi) is 5.30. The van der Waals surface area contributed by atoms with Crippen LogP contribution in [0, 0.1) is 5.82 Å². The van der Waals surface area contributed by atoms with Gasteiger partial charge in [0.2, 0.25) is 0 Å². The number of rotatable bonds is 7. The van der Waals surface area contributed by atoms with E-state index in [0.29, 0.717) is 50.5 Å². The predicted octanol–water partition coefficient (Wildman–Crippen LogP) is 3.97. The van der Waals surface area contributed by atoms with Gasteiger partial charge in [0.15, 0.2) is 22.5 Å². The molecule has 0 atom stereocenters. The van der Waals surface area contributed by atoms with Crippen molar-refractivity contribution >= 4 is 22.7 Å². The van der Waals surface area contributed by atoms with E-state index in [0.717, 1.165) is 12.8 Å². The molecule has 164 valence electrons. The summed E-state index contributed by atoms with van der Waals surface area (Å²) in [6.45, 7) is 0. The fourth-order valence-corrected chi connectivity index (χ4v) is 4.45. The number of ether oxygens (including phenoxy) is 2. The molecule has 1 fully saturated rings. The molecule has 0 saturated heterocycles. The molecule has 0 spiro atoms. The molecule has 0 unspecified atom stereocenters. The topological polar surface area (TPSA) is 94.9 Å². The Bertz CT molecular complexity index is 1370. The Morgan fingerprint density at radius 3 is 2.62 bits per heavy atom. The fourth-order valence-electron chi connectivity index (χ4n) is 3.58. The van der Waals surface area contributed by atoms with Gasteiger partial charge in [-0.15, -0.1) is 10.2 Å². The maximum atomic E-state index is 14.4. The van der Waals surface area contributed by atoms with E-state index < -0.39 is 0 Å². The normalized spacial score (nSPS) is 13.5. The fraction of sp³-hybridized carbons (Fsp3) is 0.273. The molecule has 0 amide bonds. The van der Waals surface area contributed by atoms with Crippen molar-refractivity contribution in [2.24, 2.45) is 0 Å². The molecule has 1 saturated carbocycles. The van der Waals surface area contributed by atoms with Crippen molar-refractivity contribution in [2.75, 3.05) is 14.2 Å². The molecular weight excluding hydrogens is 433 g/mol. The minimum Gasteiger partial charge on any atom is -0.493 e. The number of nitrogens with one attached hydrogen (secondary N) is 1. The summed E-state index contributed by atoms with van der Waals surface area (Å²) in [6.07, 6.45) is 2.00. The second kappa shape index (κ2) is 8.27. The Morgan fingerprint density at radius 1 is 1.16 bits per heavy atom. The highest BCUT2D eigenvalue weighted by Gasteiger charge is 2.31. The van der Waals surface area contributed by atoms with Crippen molar-refractivity contribution in [3.63, 3.8) is 0 Å². The number of H-pyrrole nitrogens is 1. The number of methoxy groups -OCH3 is 2. The number of aromatic nitrogens is 5. The van der Waals surface area contributed by atoms with Crippen LogP contribution in [0.3, 0.4) is 0 Å². The molecule has 2 aromatic heterocycles. The maximum absolute atomic E-state index is 14.4. The average molecular weight is 453 g/mol. The van der Waals surface area contributed by atoms with Gasteiger partial charge in [-0.3, -0.25) is 9.36 Å². The number of aromatic amines is 1. The standard InChI is InChI=1S/C22H20FN5O3S/c1-30-17-9-14-16(10-18(17)31-2)24-19(25-21(14)29)11-32-22-27-26-20(28(22)12-7-8-12)13-5-3-4-6-15(13)23/h3-6,9-10,12H,7-8,11H2,1-2H3,(H,24,25,29). The summed E-state index contributed by atoms with van der Waals surface area (Å²) < 4.78 is 26.9. The van der Waals surface area contributed by atoms with Gasteiger partial charge >= 0.3 is 0 Å². The number of benzene rings is 2. The third-order valence-corrected chi connectivity index (χ3v) is 6.24. The molecule has 1 aliphatic rings. The van der Waals surface area contributed by atoms with Gasteiger partial charge in [-0.1, -0.05) is 23.9 Å². The van der Waals surface area contributed by atoms with Crippen LogP contribution in [0.15, 0.2) is 46.3 Å². The zero-order valence-electron chi connectivity index (χ0n) is 17.5. The molecule has 1 aliphatic carbocycles. The van der Waals surface area contributed by atoms with Crippen molar-refractivity contribution in [3.8, 4) is 22.9 Å². The zero-order chi connectivity index (χ0) is 22.2.